The molecule has 1 saturated heterocycles. The van der Waals surface area contributed by atoms with Gasteiger partial charge in [0, 0.05) is 13.0 Å². The Labute approximate surface area is 152 Å². The highest BCUT2D eigenvalue weighted by molar-refractivity contribution is 5.92. The zero-order valence-corrected chi connectivity index (χ0v) is 15.6. The van der Waals surface area contributed by atoms with Crippen LogP contribution in [0.25, 0.3) is 0 Å². The minimum absolute atomic E-state index is 0.103. The maximum absolute atomic E-state index is 12.0. The monoisotopic (exact) mass is 369 g/mol. The lowest BCUT2D eigenvalue weighted by atomic mass is 10.1. The van der Waals surface area contributed by atoms with E-state index in [1.807, 2.05) is 13.8 Å². The van der Waals surface area contributed by atoms with Gasteiger partial charge >= 0.3 is 5.97 Å². The molecule has 0 unspecified atom stereocenters. The van der Waals surface area contributed by atoms with E-state index in [0.717, 1.165) is 6.42 Å². The summed E-state index contributed by atoms with van der Waals surface area (Å²) >= 11 is 0. The molecule has 1 aliphatic carbocycles. The SMILES string of the molecule is CCOC(=O)c1ncn([C@@H]2C[C@H](COCOC)[C@H]3OC(C)(C)O[C@H]32)c1N. The molecule has 1 saturated carbocycles. The maximum atomic E-state index is 12.0. The summed E-state index contributed by atoms with van der Waals surface area (Å²) in [6.45, 7) is 6.49. The number of hydrogen-bond donors (Lipinski definition) is 1. The van der Waals surface area contributed by atoms with Gasteiger partial charge in [0.15, 0.2) is 11.5 Å². The van der Waals surface area contributed by atoms with E-state index in [0.29, 0.717) is 6.61 Å². The third kappa shape index (κ3) is 3.57. The first kappa shape index (κ1) is 19.1. The Morgan fingerprint density at radius 3 is 2.85 bits per heavy atom. The van der Waals surface area contributed by atoms with Crippen LogP contribution in [0.2, 0.25) is 0 Å². The Morgan fingerprint density at radius 1 is 1.42 bits per heavy atom. The first-order chi connectivity index (χ1) is 12.4. The third-order valence-corrected chi connectivity index (χ3v) is 4.74. The summed E-state index contributed by atoms with van der Waals surface area (Å²) in [6.07, 6.45) is 1.97. The van der Waals surface area contributed by atoms with Crippen molar-refractivity contribution in [2.75, 3.05) is 32.9 Å². The Kier molecular flexibility index (Phi) is 5.52. The molecule has 2 aliphatic rings. The van der Waals surface area contributed by atoms with Crippen LogP contribution in [0.3, 0.4) is 0 Å². The van der Waals surface area contributed by atoms with Gasteiger partial charge in [-0.3, -0.25) is 0 Å². The smallest absolute Gasteiger partial charge is 0.360 e. The van der Waals surface area contributed by atoms with E-state index in [-0.39, 0.29) is 49.1 Å². The molecule has 3 rings (SSSR count). The summed E-state index contributed by atoms with van der Waals surface area (Å²) in [5, 5.41) is 0. The van der Waals surface area contributed by atoms with Crippen molar-refractivity contribution in [1.29, 1.82) is 0 Å². The fraction of sp³-hybridized carbons (Fsp3) is 0.765. The van der Waals surface area contributed by atoms with Gasteiger partial charge < -0.3 is 34.0 Å². The number of aromatic nitrogens is 2. The predicted octanol–water partition coefficient (Wildman–Crippen LogP) is 1.34. The Balaban J connectivity index is 1.82. The molecule has 26 heavy (non-hydrogen) atoms. The van der Waals surface area contributed by atoms with Gasteiger partial charge in [0.05, 0.1) is 31.7 Å². The highest BCUT2D eigenvalue weighted by Crippen LogP contribution is 2.47. The quantitative estimate of drug-likeness (QED) is 0.436. The number of hydrogen-bond acceptors (Lipinski definition) is 8. The topological polar surface area (TPSA) is 107 Å². The summed E-state index contributed by atoms with van der Waals surface area (Å²) in [7, 11) is 1.58. The van der Waals surface area contributed by atoms with Gasteiger partial charge in [0.1, 0.15) is 18.7 Å². The summed E-state index contributed by atoms with van der Waals surface area (Å²) in [4.78, 5) is 16.1. The molecule has 1 aromatic rings. The molecular weight excluding hydrogens is 342 g/mol. The minimum Gasteiger partial charge on any atom is -0.461 e. The lowest BCUT2D eigenvalue weighted by Gasteiger charge is -2.24. The lowest BCUT2D eigenvalue weighted by molar-refractivity contribution is -0.164. The molecule has 1 aliphatic heterocycles. The van der Waals surface area contributed by atoms with Crippen molar-refractivity contribution in [3.05, 3.63) is 12.0 Å². The molecule has 0 bridgehead atoms. The molecule has 2 fully saturated rings. The molecule has 0 aromatic carbocycles. The highest BCUT2D eigenvalue weighted by Gasteiger charge is 2.54. The van der Waals surface area contributed by atoms with Crippen LogP contribution in [0.4, 0.5) is 5.82 Å². The van der Waals surface area contributed by atoms with Crippen molar-refractivity contribution in [3.63, 3.8) is 0 Å². The fourth-order valence-electron chi connectivity index (χ4n) is 3.77. The number of methoxy groups -OCH3 is 1. The van der Waals surface area contributed by atoms with Gasteiger partial charge in [-0.2, -0.15) is 0 Å². The van der Waals surface area contributed by atoms with E-state index in [1.54, 1.807) is 24.9 Å². The molecule has 0 amide bonds. The van der Waals surface area contributed by atoms with E-state index >= 15 is 0 Å². The van der Waals surface area contributed by atoms with Crippen LogP contribution in [0.5, 0.6) is 0 Å². The standard InChI is InChI=1S/C17H27N3O6/c1-5-24-16(21)12-15(18)20(8-19-12)11-6-10(7-23-9-22-4)13-14(11)26-17(2,3)25-13/h8,10-11,13-14H,5-7,9,18H2,1-4H3/t10-,11-,13-,14+/m1/s1. The van der Waals surface area contributed by atoms with Crippen LogP contribution in [-0.4, -0.2) is 60.6 Å². The highest BCUT2D eigenvalue weighted by atomic mass is 16.8. The number of nitrogens with zero attached hydrogens (tertiary/aromatic N) is 2. The van der Waals surface area contributed by atoms with E-state index in [9.17, 15) is 4.79 Å². The van der Waals surface area contributed by atoms with Crippen molar-refractivity contribution in [1.82, 2.24) is 9.55 Å². The van der Waals surface area contributed by atoms with Crippen LogP contribution in [0.15, 0.2) is 6.33 Å². The first-order valence-electron chi connectivity index (χ1n) is 8.79. The number of anilines is 1. The Bertz CT molecular complexity index is 646. The number of ether oxygens (including phenoxy) is 5. The first-order valence-corrected chi connectivity index (χ1v) is 8.79. The van der Waals surface area contributed by atoms with Crippen molar-refractivity contribution < 1.29 is 28.5 Å². The zero-order valence-electron chi connectivity index (χ0n) is 15.6. The van der Waals surface area contributed by atoms with Gasteiger partial charge in [0.25, 0.3) is 0 Å². The van der Waals surface area contributed by atoms with Crippen LogP contribution < -0.4 is 5.73 Å². The zero-order chi connectivity index (χ0) is 18.9. The summed E-state index contributed by atoms with van der Waals surface area (Å²) in [5.74, 6) is -0.816. The van der Waals surface area contributed by atoms with Crippen molar-refractivity contribution in [2.24, 2.45) is 5.92 Å². The number of carbonyl (C=O) groups is 1. The molecule has 146 valence electrons. The molecule has 2 heterocycles. The van der Waals surface area contributed by atoms with E-state index < -0.39 is 11.8 Å². The van der Waals surface area contributed by atoms with Gasteiger partial charge in [-0.1, -0.05) is 0 Å². The molecule has 0 spiro atoms. The normalized spacial score (nSPS) is 29.7. The fourth-order valence-corrected chi connectivity index (χ4v) is 3.77. The molecule has 9 nitrogen and oxygen atoms in total. The van der Waals surface area contributed by atoms with E-state index in [1.165, 1.54) is 0 Å². The Morgan fingerprint density at radius 2 is 2.15 bits per heavy atom. The third-order valence-electron chi connectivity index (χ3n) is 4.74. The molecule has 0 radical (unpaired) electrons. The maximum Gasteiger partial charge on any atom is 0.360 e. The number of rotatable bonds is 7. The predicted molar refractivity (Wildman–Crippen MR) is 91.4 cm³/mol. The largest absolute Gasteiger partial charge is 0.461 e. The number of fused-ring (bicyclic) bond motifs is 1. The molecule has 4 atom stereocenters. The molecule has 9 heteroatoms. The lowest BCUT2D eigenvalue weighted by Crippen LogP contribution is -2.28. The van der Waals surface area contributed by atoms with Crippen LogP contribution in [0, 0.1) is 5.92 Å². The van der Waals surface area contributed by atoms with Gasteiger partial charge in [-0.05, 0) is 27.2 Å². The van der Waals surface area contributed by atoms with Crippen LogP contribution in [-0.2, 0) is 23.7 Å². The van der Waals surface area contributed by atoms with Gasteiger partial charge in [0.2, 0.25) is 0 Å². The molecule has 1 aromatic heterocycles. The average Bonchev–Trinajstić information content (AvgIpc) is 3.19. The van der Waals surface area contributed by atoms with Crippen molar-refractivity contribution in [3.8, 4) is 0 Å². The number of imidazole rings is 1. The van der Waals surface area contributed by atoms with Gasteiger partial charge in [-0.25, -0.2) is 9.78 Å². The number of esters is 1. The average molecular weight is 369 g/mol. The second-order valence-electron chi connectivity index (χ2n) is 7.01. The molecule has 2 N–H and O–H groups in total. The van der Waals surface area contributed by atoms with Crippen molar-refractivity contribution >= 4 is 11.8 Å². The summed E-state index contributed by atoms with van der Waals surface area (Å²) in [6, 6.07) is -0.103. The number of nitrogens with two attached hydrogens (primary N) is 1. The van der Waals surface area contributed by atoms with Crippen molar-refractivity contribution in [2.45, 2.75) is 51.2 Å². The molecular formula is C17H27N3O6. The number of nitrogen functional groups attached to an aromatic ring is 1. The minimum atomic E-state index is -0.688. The summed E-state index contributed by atoms with van der Waals surface area (Å²) in [5.41, 5.74) is 6.31. The van der Waals surface area contributed by atoms with Crippen LogP contribution >= 0.6 is 0 Å². The van der Waals surface area contributed by atoms with Gasteiger partial charge in [-0.15, -0.1) is 0 Å². The second-order valence-corrected chi connectivity index (χ2v) is 7.01. The summed E-state index contributed by atoms with van der Waals surface area (Å²) < 4.78 is 29.5. The van der Waals surface area contributed by atoms with E-state index in [4.69, 9.17) is 29.4 Å². The van der Waals surface area contributed by atoms with Crippen LogP contribution in [0.1, 0.15) is 43.7 Å². The number of carbonyl (C=O) groups excluding carboxylic acids is 1. The van der Waals surface area contributed by atoms with E-state index in [2.05, 4.69) is 4.98 Å². The second kappa shape index (κ2) is 7.51. The Hall–Kier alpha value is -1.68.